The predicted octanol–water partition coefficient (Wildman–Crippen LogP) is 3.38. The number of nitrogens with zero attached hydrogens (tertiary/aromatic N) is 4. The molecule has 4 rings (SSSR count). The van der Waals surface area contributed by atoms with E-state index < -0.39 is 0 Å². The Morgan fingerprint density at radius 1 is 1.17 bits per heavy atom. The molecule has 0 aromatic carbocycles. The molecule has 6 heteroatoms. The van der Waals surface area contributed by atoms with Gasteiger partial charge in [0.05, 0.1) is 5.69 Å². The molecule has 0 amide bonds. The van der Waals surface area contributed by atoms with Crippen LogP contribution < -0.4 is 5.32 Å². The standard InChI is InChI=1S/C18H27N5O/c1-13-16-17(19-12-20-18(16)24-22-13)21-15-8-5-9-23(11-15)10-14-6-3-2-4-7-14/h12,14-15H,2-11H2,1H3,(H,19,20,21). The summed E-state index contributed by atoms with van der Waals surface area (Å²) in [5, 5.41) is 8.56. The number of rotatable bonds is 4. The zero-order chi connectivity index (χ0) is 16.4. The van der Waals surface area contributed by atoms with Crippen molar-refractivity contribution in [2.45, 2.75) is 57.9 Å². The molecule has 1 unspecified atom stereocenters. The number of aromatic nitrogens is 3. The van der Waals surface area contributed by atoms with Crippen LogP contribution in [-0.2, 0) is 0 Å². The Bertz CT molecular complexity index is 679. The van der Waals surface area contributed by atoms with Crippen molar-refractivity contribution in [1.82, 2.24) is 20.0 Å². The number of fused-ring (bicyclic) bond motifs is 1. The van der Waals surface area contributed by atoms with Crippen LogP contribution in [0.15, 0.2) is 10.9 Å². The summed E-state index contributed by atoms with van der Waals surface area (Å²) < 4.78 is 5.25. The lowest BCUT2D eigenvalue weighted by molar-refractivity contribution is 0.166. The van der Waals surface area contributed by atoms with Crippen molar-refractivity contribution in [3.8, 4) is 0 Å². The van der Waals surface area contributed by atoms with Crippen LogP contribution in [0, 0.1) is 12.8 Å². The number of aryl methyl sites for hydroxylation is 1. The van der Waals surface area contributed by atoms with Crippen molar-refractivity contribution in [1.29, 1.82) is 0 Å². The molecule has 24 heavy (non-hydrogen) atoms. The van der Waals surface area contributed by atoms with Gasteiger partial charge in [0.2, 0.25) is 0 Å². The third-order valence-corrected chi connectivity index (χ3v) is 5.53. The van der Waals surface area contributed by atoms with Crippen LogP contribution >= 0.6 is 0 Å². The summed E-state index contributed by atoms with van der Waals surface area (Å²) in [6, 6.07) is 0.440. The first kappa shape index (κ1) is 15.8. The second-order valence-corrected chi connectivity index (χ2v) is 7.42. The third kappa shape index (κ3) is 3.38. The van der Waals surface area contributed by atoms with Gasteiger partial charge in [0, 0.05) is 19.1 Å². The smallest absolute Gasteiger partial charge is 0.263 e. The minimum Gasteiger partial charge on any atom is -0.365 e. The van der Waals surface area contributed by atoms with Gasteiger partial charge in [-0.25, -0.2) is 4.98 Å². The zero-order valence-corrected chi connectivity index (χ0v) is 14.5. The second kappa shape index (κ2) is 7.05. The molecule has 2 aromatic rings. The van der Waals surface area contributed by atoms with E-state index in [1.54, 1.807) is 6.33 Å². The number of anilines is 1. The van der Waals surface area contributed by atoms with Crippen LogP contribution in [0.3, 0.4) is 0 Å². The molecule has 0 spiro atoms. The SMILES string of the molecule is Cc1noc2ncnc(NC3CCCN(CC4CCCCC4)C3)c12. The highest BCUT2D eigenvalue weighted by Crippen LogP contribution is 2.27. The molecule has 130 valence electrons. The molecule has 3 heterocycles. The minimum absolute atomic E-state index is 0.440. The summed E-state index contributed by atoms with van der Waals surface area (Å²) in [6.45, 7) is 5.55. The van der Waals surface area contributed by atoms with E-state index in [9.17, 15) is 0 Å². The lowest BCUT2D eigenvalue weighted by atomic mass is 9.88. The molecular weight excluding hydrogens is 302 g/mol. The maximum absolute atomic E-state index is 5.25. The minimum atomic E-state index is 0.440. The van der Waals surface area contributed by atoms with E-state index >= 15 is 0 Å². The number of piperidine rings is 1. The van der Waals surface area contributed by atoms with E-state index in [1.807, 2.05) is 6.92 Å². The highest BCUT2D eigenvalue weighted by atomic mass is 16.5. The molecule has 2 aliphatic rings. The van der Waals surface area contributed by atoms with Crippen LogP contribution in [0.2, 0.25) is 0 Å². The van der Waals surface area contributed by atoms with Crippen molar-refractivity contribution < 1.29 is 4.52 Å². The van der Waals surface area contributed by atoms with Crippen LogP contribution in [0.5, 0.6) is 0 Å². The summed E-state index contributed by atoms with van der Waals surface area (Å²) in [5.41, 5.74) is 1.42. The van der Waals surface area contributed by atoms with E-state index in [0.29, 0.717) is 11.8 Å². The van der Waals surface area contributed by atoms with Crippen LogP contribution in [0.25, 0.3) is 11.1 Å². The topological polar surface area (TPSA) is 67.1 Å². The van der Waals surface area contributed by atoms with Crippen LogP contribution in [-0.4, -0.2) is 45.7 Å². The fraction of sp³-hybridized carbons (Fsp3) is 0.722. The van der Waals surface area contributed by atoms with Crippen molar-refractivity contribution in [3.63, 3.8) is 0 Å². The Kier molecular flexibility index (Phi) is 4.65. The number of hydrogen-bond donors (Lipinski definition) is 1. The van der Waals surface area contributed by atoms with Crippen molar-refractivity contribution in [3.05, 3.63) is 12.0 Å². The molecule has 1 saturated carbocycles. The first-order valence-electron chi connectivity index (χ1n) is 9.35. The Hall–Kier alpha value is -1.69. The maximum atomic E-state index is 5.25. The van der Waals surface area contributed by atoms with E-state index in [0.717, 1.165) is 29.4 Å². The van der Waals surface area contributed by atoms with E-state index in [-0.39, 0.29) is 0 Å². The van der Waals surface area contributed by atoms with Gasteiger partial charge < -0.3 is 14.7 Å². The Labute approximate surface area is 143 Å². The highest BCUT2D eigenvalue weighted by molar-refractivity contribution is 5.87. The van der Waals surface area contributed by atoms with E-state index in [2.05, 4.69) is 25.3 Å². The summed E-state index contributed by atoms with van der Waals surface area (Å²) in [7, 11) is 0. The zero-order valence-electron chi connectivity index (χ0n) is 14.5. The molecule has 0 radical (unpaired) electrons. The maximum Gasteiger partial charge on any atom is 0.263 e. The predicted molar refractivity (Wildman–Crippen MR) is 94.0 cm³/mol. The van der Waals surface area contributed by atoms with Gasteiger partial charge in [0.15, 0.2) is 0 Å². The summed E-state index contributed by atoms with van der Waals surface area (Å²) in [4.78, 5) is 11.2. The molecule has 1 saturated heterocycles. The lowest BCUT2D eigenvalue weighted by Gasteiger charge is -2.36. The third-order valence-electron chi connectivity index (χ3n) is 5.53. The number of likely N-dealkylation sites (tertiary alicyclic amines) is 1. The molecule has 2 fully saturated rings. The second-order valence-electron chi connectivity index (χ2n) is 7.42. The van der Waals surface area contributed by atoms with Gasteiger partial charge in [0.1, 0.15) is 17.5 Å². The van der Waals surface area contributed by atoms with Crippen LogP contribution in [0.4, 0.5) is 5.82 Å². The number of hydrogen-bond acceptors (Lipinski definition) is 6. The molecule has 6 nitrogen and oxygen atoms in total. The summed E-state index contributed by atoms with van der Waals surface area (Å²) in [6.07, 6.45) is 11.1. The molecule has 1 N–H and O–H groups in total. The Morgan fingerprint density at radius 2 is 2.04 bits per heavy atom. The molecule has 2 aromatic heterocycles. The molecular formula is C18H27N5O. The van der Waals surface area contributed by atoms with E-state index in [4.69, 9.17) is 4.52 Å². The molecule has 1 aliphatic carbocycles. The van der Waals surface area contributed by atoms with Gasteiger partial charge in [-0.15, -0.1) is 0 Å². The summed E-state index contributed by atoms with van der Waals surface area (Å²) >= 11 is 0. The van der Waals surface area contributed by atoms with Gasteiger partial charge in [-0.2, -0.15) is 4.98 Å². The van der Waals surface area contributed by atoms with Gasteiger partial charge >= 0.3 is 0 Å². The van der Waals surface area contributed by atoms with Gasteiger partial charge in [-0.1, -0.05) is 24.4 Å². The first-order chi connectivity index (χ1) is 11.8. The lowest BCUT2D eigenvalue weighted by Crippen LogP contribution is -2.44. The van der Waals surface area contributed by atoms with Crippen molar-refractivity contribution >= 4 is 16.9 Å². The fourth-order valence-electron chi connectivity index (χ4n) is 4.30. The number of nitrogens with one attached hydrogen (secondary N) is 1. The quantitative estimate of drug-likeness (QED) is 0.927. The molecule has 1 atom stereocenters. The normalized spacial score (nSPS) is 23.6. The largest absolute Gasteiger partial charge is 0.365 e. The molecule has 0 bridgehead atoms. The Morgan fingerprint density at radius 3 is 2.92 bits per heavy atom. The van der Waals surface area contributed by atoms with Crippen molar-refractivity contribution in [2.24, 2.45) is 5.92 Å². The monoisotopic (exact) mass is 329 g/mol. The van der Waals surface area contributed by atoms with E-state index in [1.165, 1.54) is 58.0 Å². The average Bonchev–Trinajstić information content (AvgIpc) is 2.99. The fourth-order valence-corrected chi connectivity index (χ4v) is 4.30. The Balaban J connectivity index is 1.41. The van der Waals surface area contributed by atoms with Gasteiger partial charge in [0.25, 0.3) is 5.71 Å². The highest BCUT2D eigenvalue weighted by Gasteiger charge is 2.24. The average molecular weight is 329 g/mol. The van der Waals surface area contributed by atoms with Gasteiger partial charge in [-0.3, -0.25) is 0 Å². The molecule has 1 aliphatic heterocycles. The summed E-state index contributed by atoms with van der Waals surface area (Å²) in [5.74, 6) is 1.77. The first-order valence-corrected chi connectivity index (χ1v) is 9.35. The van der Waals surface area contributed by atoms with Crippen LogP contribution in [0.1, 0.15) is 50.6 Å². The van der Waals surface area contributed by atoms with Crippen molar-refractivity contribution in [2.75, 3.05) is 25.0 Å². The van der Waals surface area contributed by atoms with Gasteiger partial charge in [-0.05, 0) is 45.1 Å².